The normalized spacial score (nSPS) is 17.9. The van der Waals surface area contributed by atoms with Gasteiger partial charge in [0.25, 0.3) is 0 Å². The average Bonchev–Trinajstić information content (AvgIpc) is 2.97. The zero-order chi connectivity index (χ0) is 28.5. The van der Waals surface area contributed by atoms with Gasteiger partial charge in [-0.25, -0.2) is 13.2 Å². The Balaban J connectivity index is 1.29. The number of ether oxygens (including phenoxy) is 1. The van der Waals surface area contributed by atoms with Gasteiger partial charge in [0.05, 0.1) is 12.7 Å². The van der Waals surface area contributed by atoms with Gasteiger partial charge in [0.2, 0.25) is 0 Å². The van der Waals surface area contributed by atoms with Crippen LogP contribution in [0.4, 0.5) is 13.2 Å². The molecule has 1 saturated carbocycles. The fourth-order valence-corrected chi connectivity index (χ4v) is 5.80. The highest BCUT2D eigenvalue weighted by Crippen LogP contribution is 2.39. The summed E-state index contributed by atoms with van der Waals surface area (Å²) in [5.41, 5.74) is 2.74. The van der Waals surface area contributed by atoms with Gasteiger partial charge in [0, 0.05) is 11.6 Å². The molecule has 3 aromatic carbocycles. The molecule has 40 heavy (non-hydrogen) atoms. The maximum Gasteiger partial charge on any atom is 0.166 e. The maximum absolute atomic E-state index is 15.0. The van der Waals surface area contributed by atoms with Gasteiger partial charge in [0.15, 0.2) is 11.6 Å². The molecule has 214 valence electrons. The third-order valence-corrected chi connectivity index (χ3v) is 8.23. The maximum atomic E-state index is 15.0. The van der Waals surface area contributed by atoms with E-state index in [1.807, 2.05) is 25.1 Å². The van der Waals surface area contributed by atoms with Crippen LogP contribution in [0.2, 0.25) is 0 Å². The van der Waals surface area contributed by atoms with E-state index >= 15 is 8.78 Å². The Kier molecular flexibility index (Phi) is 10.9. The number of halogens is 3. The SMILES string of the molecule is C=CCCCOc1ccc(C2CCC(CCc3ccc(-c4ccc(C(O)CCC)cc4)c(F)c3F)CC2)c(F)c1. The van der Waals surface area contributed by atoms with Crippen molar-refractivity contribution in [2.45, 2.75) is 83.2 Å². The van der Waals surface area contributed by atoms with Crippen molar-refractivity contribution in [2.75, 3.05) is 6.61 Å². The number of unbranched alkanes of at least 4 members (excludes halogenated alkanes) is 1. The van der Waals surface area contributed by atoms with E-state index in [4.69, 9.17) is 4.74 Å². The monoisotopic (exact) mass is 550 g/mol. The Morgan fingerprint density at radius 3 is 2.40 bits per heavy atom. The molecule has 0 aromatic heterocycles. The number of allylic oxidation sites excluding steroid dienone is 1. The largest absolute Gasteiger partial charge is 0.493 e. The van der Waals surface area contributed by atoms with Gasteiger partial charge >= 0.3 is 0 Å². The van der Waals surface area contributed by atoms with Crippen molar-refractivity contribution < 1.29 is 23.0 Å². The Morgan fingerprint density at radius 2 is 1.73 bits per heavy atom. The molecule has 4 rings (SSSR count). The molecule has 0 aliphatic heterocycles. The smallest absolute Gasteiger partial charge is 0.166 e. The zero-order valence-electron chi connectivity index (χ0n) is 23.5. The summed E-state index contributed by atoms with van der Waals surface area (Å²) in [7, 11) is 0. The van der Waals surface area contributed by atoms with Crippen LogP contribution < -0.4 is 4.74 Å². The molecule has 1 aliphatic rings. The molecule has 0 saturated heterocycles. The highest BCUT2D eigenvalue weighted by molar-refractivity contribution is 5.65. The lowest BCUT2D eigenvalue weighted by molar-refractivity contribution is 0.166. The molecular weight excluding hydrogens is 509 g/mol. The summed E-state index contributed by atoms with van der Waals surface area (Å²) in [6.45, 7) is 6.24. The van der Waals surface area contributed by atoms with Crippen molar-refractivity contribution in [3.05, 3.63) is 101 Å². The predicted octanol–water partition coefficient (Wildman–Crippen LogP) is 9.86. The van der Waals surface area contributed by atoms with Gasteiger partial charge in [-0.1, -0.05) is 61.9 Å². The van der Waals surface area contributed by atoms with E-state index in [9.17, 15) is 9.50 Å². The topological polar surface area (TPSA) is 29.5 Å². The highest BCUT2D eigenvalue weighted by Gasteiger charge is 2.25. The fourth-order valence-electron chi connectivity index (χ4n) is 5.80. The Morgan fingerprint density at radius 1 is 0.975 bits per heavy atom. The molecule has 3 aromatic rings. The van der Waals surface area contributed by atoms with Gasteiger partial charge in [-0.3, -0.25) is 0 Å². The van der Waals surface area contributed by atoms with Crippen LogP contribution in [-0.2, 0) is 6.42 Å². The lowest BCUT2D eigenvalue weighted by Crippen LogP contribution is -2.15. The van der Waals surface area contributed by atoms with E-state index < -0.39 is 17.7 Å². The number of aliphatic hydroxyl groups is 1. The molecule has 5 heteroatoms. The van der Waals surface area contributed by atoms with E-state index in [1.165, 1.54) is 6.07 Å². The number of hydrogen-bond donors (Lipinski definition) is 1. The Labute approximate surface area is 236 Å². The molecule has 1 atom stereocenters. The molecule has 2 nitrogen and oxygen atoms in total. The molecule has 1 fully saturated rings. The van der Waals surface area contributed by atoms with E-state index in [2.05, 4.69) is 6.58 Å². The third-order valence-electron chi connectivity index (χ3n) is 8.23. The Hall–Kier alpha value is -3.05. The summed E-state index contributed by atoms with van der Waals surface area (Å²) in [5.74, 6) is -0.678. The number of rotatable bonds is 13. The van der Waals surface area contributed by atoms with Gasteiger partial charge in [-0.15, -0.1) is 6.58 Å². The second-order valence-corrected chi connectivity index (χ2v) is 11.0. The van der Waals surface area contributed by atoms with Crippen molar-refractivity contribution in [1.82, 2.24) is 0 Å². The van der Waals surface area contributed by atoms with Crippen molar-refractivity contribution in [3.8, 4) is 16.9 Å². The van der Waals surface area contributed by atoms with Crippen molar-refractivity contribution in [1.29, 1.82) is 0 Å². The number of aliphatic hydroxyl groups excluding tert-OH is 1. The molecular formula is C35H41F3O2. The first-order valence-corrected chi connectivity index (χ1v) is 14.7. The first-order chi connectivity index (χ1) is 19.4. The lowest BCUT2D eigenvalue weighted by atomic mass is 9.76. The van der Waals surface area contributed by atoms with E-state index in [0.29, 0.717) is 42.2 Å². The van der Waals surface area contributed by atoms with Crippen LogP contribution in [0.5, 0.6) is 5.75 Å². The predicted molar refractivity (Wildman–Crippen MR) is 156 cm³/mol. The van der Waals surface area contributed by atoms with Crippen LogP contribution in [0.1, 0.15) is 93.4 Å². The zero-order valence-corrected chi connectivity index (χ0v) is 23.5. The van der Waals surface area contributed by atoms with Gasteiger partial charge < -0.3 is 9.84 Å². The molecule has 0 amide bonds. The highest BCUT2D eigenvalue weighted by atomic mass is 19.2. The molecule has 0 bridgehead atoms. The summed E-state index contributed by atoms with van der Waals surface area (Å²) < 4.78 is 50.5. The summed E-state index contributed by atoms with van der Waals surface area (Å²) in [4.78, 5) is 0. The number of benzene rings is 3. The molecule has 1 aliphatic carbocycles. The summed E-state index contributed by atoms with van der Waals surface area (Å²) in [6.07, 6.45) is 9.49. The van der Waals surface area contributed by atoms with E-state index in [1.54, 1.807) is 36.4 Å². The van der Waals surface area contributed by atoms with Crippen LogP contribution in [0.25, 0.3) is 11.1 Å². The first-order valence-electron chi connectivity index (χ1n) is 14.7. The van der Waals surface area contributed by atoms with E-state index in [0.717, 1.165) is 62.5 Å². The minimum absolute atomic E-state index is 0.175. The number of hydrogen-bond acceptors (Lipinski definition) is 2. The number of aryl methyl sites for hydroxylation is 1. The van der Waals surface area contributed by atoms with Gasteiger partial charge in [-0.05, 0) is 97.9 Å². The van der Waals surface area contributed by atoms with Crippen LogP contribution in [0.15, 0.2) is 67.3 Å². The first kappa shape index (κ1) is 29.9. The van der Waals surface area contributed by atoms with E-state index in [-0.39, 0.29) is 17.3 Å². The molecule has 0 spiro atoms. The quantitative estimate of drug-likeness (QED) is 0.170. The van der Waals surface area contributed by atoms with Crippen molar-refractivity contribution in [2.24, 2.45) is 5.92 Å². The standard InChI is InChI=1S/C35H41F3O2/c1-3-5-6-22-40-29-19-21-30(32(36)23-29)25-11-8-24(9-12-25)10-13-28-18-20-31(35(38)34(28)37)26-14-16-27(17-15-26)33(39)7-4-2/h3,14-21,23-25,33,39H,1,4-13,22H2,2H3. The summed E-state index contributed by atoms with van der Waals surface area (Å²) >= 11 is 0. The average molecular weight is 551 g/mol. The minimum atomic E-state index is -0.827. The van der Waals surface area contributed by atoms with Crippen LogP contribution in [0.3, 0.4) is 0 Å². The summed E-state index contributed by atoms with van der Waals surface area (Å²) in [5, 5.41) is 10.2. The van der Waals surface area contributed by atoms with Crippen LogP contribution in [-0.4, -0.2) is 11.7 Å². The summed E-state index contributed by atoms with van der Waals surface area (Å²) in [6, 6.07) is 15.5. The second kappa shape index (κ2) is 14.5. The van der Waals surface area contributed by atoms with Gasteiger partial charge in [0.1, 0.15) is 11.6 Å². The van der Waals surface area contributed by atoms with Crippen LogP contribution >= 0.6 is 0 Å². The molecule has 1 N–H and O–H groups in total. The molecule has 1 unspecified atom stereocenters. The third kappa shape index (κ3) is 7.57. The Bertz CT molecular complexity index is 1250. The van der Waals surface area contributed by atoms with Crippen molar-refractivity contribution >= 4 is 0 Å². The minimum Gasteiger partial charge on any atom is -0.493 e. The second-order valence-electron chi connectivity index (χ2n) is 11.0. The lowest BCUT2D eigenvalue weighted by Gasteiger charge is -2.29. The molecule has 0 radical (unpaired) electrons. The fraction of sp³-hybridized carbons (Fsp3) is 0.429. The van der Waals surface area contributed by atoms with Crippen molar-refractivity contribution in [3.63, 3.8) is 0 Å². The van der Waals surface area contributed by atoms with Gasteiger partial charge in [-0.2, -0.15) is 0 Å². The molecule has 0 heterocycles. The van der Waals surface area contributed by atoms with Crippen LogP contribution in [0, 0.1) is 23.4 Å².